The highest BCUT2D eigenvalue weighted by molar-refractivity contribution is 5.67. The Kier molecular flexibility index (Phi) is 4.97. The summed E-state index contributed by atoms with van der Waals surface area (Å²) in [4.78, 5) is 14.6. The van der Waals surface area contributed by atoms with Gasteiger partial charge in [-0.3, -0.25) is 4.79 Å². The lowest BCUT2D eigenvalue weighted by Crippen LogP contribution is -2.21. The fraction of sp³-hybridized carbons (Fsp3) is 0.462. The zero-order chi connectivity index (χ0) is 12.8. The van der Waals surface area contributed by atoms with Crippen LogP contribution in [0.25, 0.3) is 0 Å². The van der Waals surface area contributed by atoms with Crippen LogP contribution in [0.3, 0.4) is 0 Å². The summed E-state index contributed by atoms with van der Waals surface area (Å²) in [6, 6.07) is 8.18. The Morgan fingerprint density at radius 3 is 2.59 bits per heavy atom. The quantitative estimate of drug-likeness (QED) is 0.816. The summed E-state index contributed by atoms with van der Waals surface area (Å²) in [6.45, 7) is 1.42. The van der Waals surface area contributed by atoms with Gasteiger partial charge < -0.3 is 14.9 Å². The minimum absolute atomic E-state index is 0.161. The molecule has 0 spiro atoms. The molecule has 0 atom stereocenters. The van der Waals surface area contributed by atoms with Crippen molar-refractivity contribution in [2.45, 2.75) is 13.0 Å². The van der Waals surface area contributed by atoms with Gasteiger partial charge in [-0.15, -0.1) is 0 Å². The van der Waals surface area contributed by atoms with E-state index in [-0.39, 0.29) is 6.42 Å². The van der Waals surface area contributed by atoms with Crippen LogP contribution in [0.1, 0.15) is 12.0 Å². The Hall–Kier alpha value is -1.55. The molecule has 0 aromatic heterocycles. The van der Waals surface area contributed by atoms with Crippen molar-refractivity contribution in [3.63, 3.8) is 0 Å². The van der Waals surface area contributed by atoms with Gasteiger partial charge in [0, 0.05) is 25.8 Å². The van der Waals surface area contributed by atoms with Crippen LogP contribution in [0, 0.1) is 0 Å². The van der Waals surface area contributed by atoms with Gasteiger partial charge in [-0.05, 0) is 31.8 Å². The van der Waals surface area contributed by atoms with E-state index in [0.29, 0.717) is 6.54 Å². The first kappa shape index (κ1) is 13.5. The molecule has 1 N–H and O–H groups in total. The third-order valence-corrected chi connectivity index (χ3v) is 2.51. The molecule has 0 heterocycles. The van der Waals surface area contributed by atoms with Gasteiger partial charge in [0.15, 0.2) is 0 Å². The number of nitrogens with zero attached hydrogens (tertiary/aromatic N) is 2. The van der Waals surface area contributed by atoms with Crippen LogP contribution in [0.5, 0.6) is 0 Å². The predicted molar refractivity (Wildman–Crippen MR) is 69.4 cm³/mol. The molecule has 0 bridgehead atoms. The highest BCUT2D eigenvalue weighted by Gasteiger charge is 2.05. The molecule has 0 fully saturated rings. The zero-order valence-corrected chi connectivity index (χ0v) is 10.7. The topological polar surface area (TPSA) is 43.8 Å². The largest absolute Gasteiger partial charge is 0.481 e. The predicted octanol–water partition coefficient (Wildman–Crippen LogP) is 1.66. The molecule has 0 saturated carbocycles. The maximum atomic E-state index is 10.5. The number of anilines is 1. The first-order valence-corrected chi connectivity index (χ1v) is 5.65. The second kappa shape index (κ2) is 6.25. The lowest BCUT2D eigenvalue weighted by Gasteiger charge is -2.19. The number of carboxylic acid groups (broad SMARTS) is 1. The van der Waals surface area contributed by atoms with Crippen LogP contribution in [0.4, 0.5) is 5.69 Å². The molecular weight excluding hydrogens is 216 g/mol. The average molecular weight is 236 g/mol. The number of benzene rings is 1. The SMILES string of the molecule is CN(C)Cc1cccc(N(C)CCC(=O)O)c1. The standard InChI is InChI=1S/C13H20N2O2/c1-14(2)10-11-5-4-6-12(9-11)15(3)8-7-13(16)17/h4-6,9H,7-8,10H2,1-3H3,(H,16,17). The van der Waals surface area contributed by atoms with Gasteiger partial charge in [-0.1, -0.05) is 12.1 Å². The maximum absolute atomic E-state index is 10.5. The summed E-state index contributed by atoms with van der Waals surface area (Å²) >= 11 is 0. The summed E-state index contributed by atoms with van der Waals surface area (Å²) in [6.07, 6.45) is 0.161. The summed E-state index contributed by atoms with van der Waals surface area (Å²) in [5.41, 5.74) is 2.29. The van der Waals surface area contributed by atoms with Crippen LogP contribution in [0.15, 0.2) is 24.3 Å². The molecular formula is C13H20N2O2. The van der Waals surface area contributed by atoms with E-state index in [0.717, 1.165) is 12.2 Å². The van der Waals surface area contributed by atoms with E-state index in [9.17, 15) is 4.79 Å². The fourth-order valence-corrected chi connectivity index (χ4v) is 1.65. The van der Waals surface area contributed by atoms with E-state index in [1.54, 1.807) is 0 Å². The van der Waals surface area contributed by atoms with Crippen molar-refractivity contribution in [3.8, 4) is 0 Å². The lowest BCUT2D eigenvalue weighted by atomic mass is 10.2. The molecule has 0 aliphatic heterocycles. The average Bonchev–Trinajstić information content (AvgIpc) is 2.25. The first-order chi connectivity index (χ1) is 7.99. The molecule has 0 radical (unpaired) electrons. The van der Waals surface area contributed by atoms with Crippen LogP contribution in [-0.4, -0.2) is 43.7 Å². The van der Waals surface area contributed by atoms with Gasteiger partial charge >= 0.3 is 5.97 Å². The highest BCUT2D eigenvalue weighted by Crippen LogP contribution is 2.15. The Morgan fingerprint density at radius 1 is 1.29 bits per heavy atom. The Balaban J connectivity index is 2.66. The third kappa shape index (κ3) is 4.87. The minimum Gasteiger partial charge on any atom is -0.481 e. The van der Waals surface area contributed by atoms with Crippen LogP contribution in [0.2, 0.25) is 0 Å². The summed E-state index contributed by atoms with van der Waals surface area (Å²) < 4.78 is 0. The number of hydrogen-bond donors (Lipinski definition) is 1. The van der Waals surface area contributed by atoms with Crippen molar-refractivity contribution >= 4 is 11.7 Å². The van der Waals surface area contributed by atoms with Crippen molar-refractivity contribution in [3.05, 3.63) is 29.8 Å². The van der Waals surface area contributed by atoms with Crippen LogP contribution < -0.4 is 4.90 Å². The molecule has 1 rings (SSSR count). The zero-order valence-electron chi connectivity index (χ0n) is 10.7. The molecule has 0 saturated heterocycles. The van der Waals surface area contributed by atoms with E-state index < -0.39 is 5.97 Å². The molecule has 0 aliphatic rings. The van der Waals surface area contributed by atoms with E-state index in [1.165, 1.54) is 5.56 Å². The number of carbonyl (C=O) groups is 1. The number of rotatable bonds is 6. The molecule has 4 heteroatoms. The van der Waals surface area contributed by atoms with E-state index in [1.807, 2.05) is 38.2 Å². The van der Waals surface area contributed by atoms with Gasteiger partial charge in [-0.25, -0.2) is 0 Å². The monoisotopic (exact) mass is 236 g/mol. The second-order valence-electron chi connectivity index (χ2n) is 4.47. The van der Waals surface area contributed by atoms with Gasteiger partial charge in [-0.2, -0.15) is 0 Å². The summed E-state index contributed by atoms with van der Waals surface area (Å²) in [5, 5.41) is 8.65. The Labute approximate surface area is 102 Å². The van der Waals surface area contributed by atoms with Crippen molar-refractivity contribution in [1.29, 1.82) is 0 Å². The molecule has 4 nitrogen and oxygen atoms in total. The number of hydrogen-bond acceptors (Lipinski definition) is 3. The van der Waals surface area contributed by atoms with Crippen molar-refractivity contribution in [2.75, 3.05) is 32.6 Å². The molecule has 1 aromatic rings. The van der Waals surface area contributed by atoms with Crippen molar-refractivity contribution < 1.29 is 9.90 Å². The van der Waals surface area contributed by atoms with Crippen LogP contribution in [-0.2, 0) is 11.3 Å². The Morgan fingerprint density at radius 2 is 2.00 bits per heavy atom. The van der Waals surface area contributed by atoms with Crippen molar-refractivity contribution in [1.82, 2.24) is 4.90 Å². The minimum atomic E-state index is -0.763. The molecule has 0 aliphatic carbocycles. The molecule has 0 amide bonds. The normalized spacial score (nSPS) is 10.6. The molecule has 17 heavy (non-hydrogen) atoms. The summed E-state index contributed by atoms with van der Waals surface area (Å²) in [5.74, 6) is -0.763. The summed E-state index contributed by atoms with van der Waals surface area (Å²) in [7, 11) is 5.97. The van der Waals surface area contributed by atoms with Gasteiger partial charge in [0.2, 0.25) is 0 Å². The number of carboxylic acids is 1. The lowest BCUT2D eigenvalue weighted by molar-refractivity contribution is -0.136. The smallest absolute Gasteiger partial charge is 0.305 e. The van der Waals surface area contributed by atoms with E-state index in [2.05, 4.69) is 17.0 Å². The Bertz CT molecular complexity index is 377. The van der Waals surface area contributed by atoms with E-state index in [4.69, 9.17) is 5.11 Å². The second-order valence-corrected chi connectivity index (χ2v) is 4.47. The highest BCUT2D eigenvalue weighted by atomic mass is 16.4. The van der Waals surface area contributed by atoms with E-state index >= 15 is 0 Å². The molecule has 1 aromatic carbocycles. The number of aliphatic carboxylic acids is 1. The van der Waals surface area contributed by atoms with Crippen molar-refractivity contribution in [2.24, 2.45) is 0 Å². The maximum Gasteiger partial charge on any atom is 0.305 e. The van der Waals surface area contributed by atoms with Gasteiger partial charge in [0.25, 0.3) is 0 Å². The fourth-order valence-electron chi connectivity index (χ4n) is 1.65. The molecule has 0 unspecified atom stereocenters. The van der Waals surface area contributed by atoms with Gasteiger partial charge in [0.05, 0.1) is 6.42 Å². The third-order valence-electron chi connectivity index (χ3n) is 2.51. The first-order valence-electron chi connectivity index (χ1n) is 5.65. The molecule has 94 valence electrons. The van der Waals surface area contributed by atoms with Gasteiger partial charge in [0.1, 0.15) is 0 Å². The van der Waals surface area contributed by atoms with Crippen LogP contribution >= 0.6 is 0 Å².